The molecule has 9 nitrogen and oxygen atoms in total. The minimum absolute atomic E-state index is 0.0824. The molecule has 9 heteroatoms. The van der Waals surface area contributed by atoms with Crippen LogP contribution in [0.1, 0.15) is 12.7 Å². The molecule has 3 N–H and O–H groups in total. The molecule has 0 saturated carbocycles. The maximum Gasteiger partial charge on any atom is 0.317 e. The summed E-state index contributed by atoms with van der Waals surface area (Å²) in [7, 11) is 1.59. The van der Waals surface area contributed by atoms with Crippen molar-refractivity contribution in [3.63, 3.8) is 0 Å². The van der Waals surface area contributed by atoms with Gasteiger partial charge in [0.2, 0.25) is 0 Å². The van der Waals surface area contributed by atoms with Crippen LogP contribution in [0.2, 0.25) is 0 Å². The molecule has 1 aliphatic heterocycles. The first kappa shape index (κ1) is 14.3. The largest absolute Gasteiger partial charge is 0.481 e. The summed E-state index contributed by atoms with van der Waals surface area (Å²) in [4.78, 5) is 28.6. The van der Waals surface area contributed by atoms with Crippen LogP contribution in [0.5, 0.6) is 0 Å². The second-order valence-corrected chi connectivity index (χ2v) is 5.03. The van der Waals surface area contributed by atoms with Crippen LogP contribution in [0.25, 0.3) is 0 Å². The number of carboxylic acids is 1. The first-order chi connectivity index (χ1) is 9.43. The Morgan fingerprint density at radius 3 is 3.05 bits per heavy atom. The van der Waals surface area contributed by atoms with Crippen LogP contribution in [0.15, 0.2) is 6.33 Å². The number of aromatic nitrogens is 3. The Balaban J connectivity index is 1.95. The molecule has 2 heterocycles. The number of nitrogens with one attached hydrogen (secondary N) is 2. The van der Waals surface area contributed by atoms with Gasteiger partial charge < -0.3 is 20.1 Å². The van der Waals surface area contributed by atoms with Gasteiger partial charge in [0.05, 0.1) is 25.8 Å². The van der Waals surface area contributed by atoms with Gasteiger partial charge in [0, 0.05) is 7.05 Å². The van der Waals surface area contributed by atoms with Gasteiger partial charge in [-0.3, -0.25) is 9.89 Å². The number of carbonyl (C=O) groups excluding carboxylic acids is 1. The van der Waals surface area contributed by atoms with Gasteiger partial charge in [0.25, 0.3) is 0 Å². The summed E-state index contributed by atoms with van der Waals surface area (Å²) in [5.41, 5.74) is -1.11. The predicted octanol–water partition coefficient (Wildman–Crippen LogP) is -0.564. The quantitative estimate of drug-likeness (QED) is 0.681. The molecule has 2 rings (SSSR count). The summed E-state index contributed by atoms with van der Waals surface area (Å²) in [5, 5.41) is 18.3. The van der Waals surface area contributed by atoms with E-state index >= 15 is 0 Å². The van der Waals surface area contributed by atoms with E-state index in [0.29, 0.717) is 5.82 Å². The molecular weight excluding hydrogens is 266 g/mol. The molecule has 0 aromatic carbocycles. The molecule has 0 spiro atoms. The SMILES string of the molecule is CN(Cc1ncn[nH]1)C(=O)NC1COCC1(C)C(=O)O. The molecule has 2 atom stereocenters. The molecule has 0 radical (unpaired) electrons. The highest BCUT2D eigenvalue weighted by Crippen LogP contribution is 2.28. The van der Waals surface area contributed by atoms with Crippen molar-refractivity contribution >= 4 is 12.0 Å². The molecule has 2 amide bonds. The maximum atomic E-state index is 12.0. The molecule has 0 bridgehead atoms. The van der Waals surface area contributed by atoms with Gasteiger partial charge in [0.15, 0.2) is 0 Å². The average molecular weight is 283 g/mol. The Kier molecular flexibility index (Phi) is 3.89. The van der Waals surface area contributed by atoms with Gasteiger partial charge in [-0.15, -0.1) is 0 Å². The number of ether oxygens (including phenoxy) is 1. The molecule has 1 aromatic heterocycles. The number of urea groups is 1. The zero-order chi connectivity index (χ0) is 14.8. The second-order valence-electron chi connectivity index (χ2n) is 5.03. The van der Waals surface area contributed by atoms with Crippen molar-refractivity contribution in [2.45, 2.75) is 19.5 Å². The van der Waals surface area contributed by atoms with Crippen LogP contribution < -0.4 is 5.32 Å². The van der Waals surface area contributed by atoms with E-state index in [1.165, 1.54) is 11.2 Å². The molecule has 20 heavy (non-hydrogen) atoms. The molecule has 110 valence electrons. The zero-order valence-electron chi connectivity index (χ0n) is 11.3. The number of amides is 2. The minimum Gasteiger partial charge on any atom is -0.481 e. The Morgan fingerprint density at radius 1 is 1.70 bits per heavy atom. The number of carbonyl (C=O) groups is 2. The fraction of sp³-hybridized carbons (Fsp3) is 0.636. The molecule has 1 aliphatic rings. The van der Waals surface area contributed by atoms with E-state index in [0.717, 1.165) is 0 Å². The normalized spacial score (nSPS) is 25.4. The lowest BCUT2D eigenvalue weighted by Gasteiger charge is -2.27. The Hall–Kier alpha value is -2.16. The molecule has 1 fully saturated rings. The van der Waals surface area contributed by atoms with Crippen molar-refractivity contribution in [3.8, 4) is 0 Å². The number of hydrogen-bond acceptors (Lipinski definition) is 5. The van der Waals surface area contributed by atoms with Crippen molar-refractivity contribution in [1.82, 2.24) is 25.4 Å². The molecule has 1 saturated heterocycles. The number of rotatable bonds is 4. The van der Waals surface area contributed by atoms with Gasteiger partial charge >= 0.3 is 12.0 Å². The van der Waals surface area contributed by atoms with Crippen LogP contribution in [0.4, 0.5) is 4.79 Å². The van der Waals surface area contributed by atoms with E-state index in [4.69, 9.17) is 4.74 Å². The van der Waals surface area contributed by atoms with Crippen molar-refractivity contribution in [1.29, 1.82) is 0 Å². The first-order valence-electron chi connectivity index (χ1n) is 6.10. The zero-order valence-corrected chi connectivity index (χ0v) is 11.3. The van der Waals surface area contributed by atoms with E-state index in [-0.39, 0.29) is 25.8 Å². The lowest BCUT2D eigenvalue weighted by Crippen LogP contribution is -2.52. The van der Waals surface area contributed by atoms with Crippen LogP contribution in [0, 0.1) is 5.41 Å². The summed E-state index contributed by atoms with van der Waals surface area (Å²) in [6.45, 7) is 2.08. The third-order valence-corrected chi connectivity index (χ3v) is 3.44. The van der Waals surface area contributed by atoms with Crippen LogP contribution in [0.3, 0.4) is 0 Å². The summed E-state index contributed by atoms with van der Waals surface area (Å²) < 4.78 is 5.18. The predicted molar refractivity (Wildman–Crippen MR) is 66.7 cm³/mol. The molecule has 0 aliphatic carbocycles. The standard InChI is InChI=1S/C11H17N5O4/c1-11(9(17)18)5-20-4-7(11)14-10(19)16(2)3-8-12-6-13-15-8/h6-7H,3-5H2,1-2H3,(H,14,19)(H,17,18)(H,12,13,15). The lowest BCUT2D eigenvalue weighted by atomic mass is 9.85. The van der Waals surface area contributed by atoms with Crippen LogP contribution in [-0.2, 0) is 16.1 Å². The number of H-pyrrole nitrogens is 1. The molecular formula is C11H17N5O4. The third-order valence-electron chi connectivity index (χ3n) is 3.44. The summed E-state index contributed by atoms with van der Waals surface area (Å²) in [5.74, 6) is -0.440. The highest BCUT2D eigenvalue weighted by molar-refractivity contribution is 5.79. The van der Waals surface area contributed by atoms with Gasteiger partial charge in [0.1, 0.15) is 17.6 Å². The minimum atomic E-state index is -1.11. The summed E-state index contributed by atoms with van der Waals surface area (Å²) in [6.07, 6.45) is 1.35. The fourth-order valence-electron chi connectivity index (χ4n) is 1.95. The van der Waals surface area contributed by atoms with Gasteiger partial charge in [-0.1, -0.05) is 0 Å². The Morgan fingerprint density at radius 2 is 2.45 bits per heavy atom. The maximum absolute atomic E-state index is 12.0. The smallest absolute Gasteiger partial charge is 0.317 e. The summed E-state index contributed by atoms with van der Waals surface area (Å²) in [6, 6.07) is -0.950. The van der Waals surface area contributed by atoms with Crippen LogP contribution in [-0.4, -0.2) is 63.5 Å². The monoisotopic (exact) mass is 283 g/mol. The van der Waals surface area contributed by atoms with Gasteiger partial charge in [-0.25, -0.2) is 9.78 Å². The first-order valence-corrected chi connectivity index (χ1v) is 6.10. The number of aromatic amines is 1. The molecule has 2 unspecified atom stereocenters. The Bertz CT molecular complexity index is 491. The van der Waals surface area contributed by atoms with E-state index in [1.54, 1.807) is 14.0 Å². The Labute approximate surface area is 115 Å². The highest BCUT2D eigenvalue weighted by atomic mass is 16.5. The van der Waals surface area contributed by atoms with Crippen LogP contribution >= 0.6 is 0 Å². The summed E-state index contributed by atoms with van der Waals surface area (Å²) >= 11 is 0. The number of nitrogens with zero attached hydrogens (tertiary/aromatic N) is 3. The van der Waals surface area contributed by atoms with Crippen molar-refractivity contribution in [2.75, 3.05) is 20.3 Å². The van der Waals surface area contributed by atoms with Crippen molar-refractivity contribution < 1.29 is 19.4 Å². The van der Waals surface area contributed by atoms with E-state index in [1.807, 2.05) is 0 Å². The van der Waals surface area contributed by atoms with E-state index in [2.05, 4.69) is 20.5 Å². The topological polar surface area (TPSA) is 120 Å². The fourth-order valence-corrected chi connectivity index (χ4v) is 1.95. The van der Waals surface area contributed by atoms with E-state index < -0.39 is 17.4 Å². The van der Waals surface area contributed by atoms with Gasteiger partial charge in [-0.05, 0) is 6.92 Å². The third kappa shape index (κ3) is 2.72. The van der Waals surface area contributed by atoms with E-state index in [9.17, 15) is 14.7 Å². The molecule has 1 aromatic rings. The van der Waals surface area contributed by atoms with Gasteiger partial charge in [-0.2, -0.15) is 5.10 Å². The number of aliphatic carboxylic acids is 1. The van der Waals surface area contributed by atoms with Crippen molar-refractivity contribution in [2.24, 2.45) is 5.41 Å². The second kappa shape index (κ2) is 5.45. The van der Waals surface area contributed by atoms with Crippen molar-refractivity contribution in [3.05, 3.63) is 12.2 Å². The number of carboxylic acid groups (broad SMARTS) is 1. The lowest BCUT2D eigenvalue weighted by molar-refractivity contribution is -0.148. The average Bonchev–Trinajstić information content (AvgIpc) is 3.01. The number of hydrogen-bond donors (Lipinski definition) is 3. The highest BCUT2D eigenvalue weighted by Gasteiger charge is 2.47.